The van der Waals surface area contributed by atoms with Crippen LogP contribution in [-0.2, 0) is 11.4 Å². The predicted molar refractivity (Wildman–Crippen MR) is 106 cm³/mol. The standard InChI is InChI=1S/C20H31N3O2/c1-5-6-7-10-16(2)13-19(21)17(3)22-25-14-18-11-8-9-12-20(18)23(4)15-24/h5-12,16,19,24H,13-15,21H2,1-4H3/b6-5-,10-7-,22-17-/t16-,19?/m0/s1. The maximum absolute atomic E-state index is 9.29. The van der Waals surface area contributed by atoms with E-state index in [9.17, 15) is 5.11 Å². The molecule has 25 heavy (non-hydrogen) atoms. The second-order valence-electron chi connectivity index (χ2n) is 6.20. The van der Waals surface area contributed by atoms with Crippen molar-refractivity contribution in [1.29, 1.82) is 0 Å². The fourth-order valence-corrected chi connectivity index (χ4v) is 2.37. The molecule has 0 aliphatic carbocycles. The monoisotopic (exact) mass is 345 g/mol. The Hall–Kier alpha value is -2.11. The van der Waals surface area contributed by atoms with Crippen molar-refractivity contribution in [3.63, 3.8) is 0 Å². The zero-order valence-corrected chi connectivity index (χ0v) is 15.7. The van der Waals surface area contributed by atoms with Crippen LogP contribution in [0, 0.1) is 5.92 Å². The molecule has 0 saturated carbocycles. The van der Waals surface area contributed by atoms with Crippen LogP contribution >= 0.6 is 0 Å². The summed E-state index contributed by atoms with van der Waals surface area (Å²) in [6.07, 6.45) is 8.99. The Morgan fingerprint density at radius 2 is 2.08 bits per heavy atom. The van der Waals surface area contributed by atoms with Gasteiger partial charge in [0.25, 0.3) is 0 Å². The highest BCUT2D eigenvalue weighted by molar-refractivity contribution is 5.86. The first-order valence-electron chi connectivity index (χ1n) is 8.61. The Kier molecular flexibility index (Phi) is 9.58. The first-order chi connectivity index (χ1) is 12.0. The van der Waals surface area contributed by atoms with Crippen molar-refractivity contribution in [2.45, 2.75) is 39.8 Å². The Balaban J connectivity index is 2.58. The molecular weight excluding hydrogens is 314 g/mol. The Morgan fingerprint density at radius 3 is 2.76 bits per heavy atom. The molecule has 0 aromatic heterocycles. The maximum atomic E-state index is 9.29. The van der Waals surface area contributed by atoms with Gasteiger partial charge in [-0.05, 0) is 32.3 Å². The van der Waals surface area contributed by atoms with Crippen LogP contribution in [0.15, 0.2) is 53.7 Å². The number of anilines is 1. The van der Waals surface area contributed by atoms with E-state index in [1.807, 2.05) is 63.4 Å². The van der Waals surface area contributed by atoms with E-state index in [1.54, 1.807) is 4.90 Å². The minimum absolute atomic E-state index is 0.0528. The molecule has 0 aliphatic rings. The molecule has 5 heteroatoms. The van der Waals surface area contributed by atoms with Gasteiger partial charge in [-0.1, -0.05) is 54.6 Å². The topological polar surface area (TPSA) is 71.1 Å². The van der Waals surface area contributed by atoms with Crippen molar-refractivity contribution in [1.82, 2.24) is 0 Å². The molecule has 0 heterocycles. The Bertz CT molecular complexity index is 596. The van der Waals surface area contributed by atoms with Gasteiger partial charge < -0.3 is 20.6 Å². The third-order valence-corrected chi connectivity index (χ3v) is 3.95. The minimum atomic E-state index is -0.138. The van der Waals surface area contributed by atoms with Crippen LogP contribution in [-0.4, -0.2) is 30.6 Å². The number of rotatable bonds is 10. The molecule has 1 unspecified atom stereocenters. The maximum Gasteiger partial charge on any atom is 0.144 e. The van der Waals surface area contributed by atoms with E-state index >= 15 is 0 Å². The number of benzene rings is 1. The van der Waals surface area contributed by atoms with E-state index in [1.165, 1.54) is 0 Å². The van der Waals surface area contributed by atoms with Gasteiger partial charge in [-0.3, -0.25) is 0 Å². The van der Waals surface area contributed by atoms with E-state index in [4.69, 9.17) is 10.6 Å². The highest BCUT2D eigenvalue weighted by atomic mass is 16.6. The number of allylic oxidation sites excluding steroid dienone is 4. The smallest absolute Gasteiger partial charge is 0.144 e. The van der Waals surface area contributed by atoms with E-state index in [0.29, 0.717) is 12.5 Å². The van der Waals surface area contributed by atoms with E-state index < -0.39 is 0 Å². The molecule has 138 valence electrons. The van der Waals surface area contributed by atoms with Gasteiger partial charge in [0, 0.05) is 24.3 Å². The summed E-state index contributed by atoms with van der Waals surface area (Å²) in [6.45, 7) is 6.29. The quantitative estimate of drug-likeness (QED) is 0.295. The van der Waals surface area contributed by atoms with Gasteiger partial charge >= 0.3 is 0 Å². The summed E-state index contributed by atoms with van der Waals surface area (Å²) in [4.78, 5) is 7.24. The normalized spacial score (nSPS) is 14.9. The van der Waals surface area contributed by atoms with Crippen molar-refractivity contribution >= 4 is 11.4 Å². The third-order valence-electron chi connectivity index (χ3n) is 3.95. The van der Waals surface area contributed by atoms with Crippen LogP contribution in [0.3, 0.4) is 0 Å². The molecule has 0 amide bonds. The van der Waals surface area contributed by atoms with Crippen LogP contribution < -0.4 is 10.6 Å². The van der Waals surface area contributed by atoms with Gasteiger partial charge in [-0.2, -0.15) is 0 Å². The lowest BCUT2D eigenvalue weighted by molar-refractivity contribution is 0.129. The molecule has 0 bridgehead atoms. The van der Waals surface area contributed by atoms with Crippen LogP contribution in [0.2, 0.25) is 0 Å². The van der Waals surface area contributed by atoms with Gasteiger partial charge in [-0.15, -0.1) is 0 Å². The number of nitrogens with zero attached hydrogens (tertiary/aromatic N) is 2. The van der Waals surface area contributed by atoms with Crippen molar-refractivity contribution in [3.8, 4) is 0 Å². The predicted octanol–water partition coefficient (Wildman–Crippen LogP) is 3.45. The first kappa shape index (κ1) is 20.9. The highest BCUT2D eigenvalue weighted by Crippen LogP contribution is 2.19. The second kappa shape index (κ2) is 11.4. The van der Waals surface area contributed by atoms with Gasteiger partial charge in [0.1, 0.15) is 13.3 Å². The summed E-state index contributed by atoms with van der Waals surface area (Å²) in [5.74, 6) is 0.371. The summed E-state index contributed by atoms with van der Waals surface area (Å²) in [5, 5.41) is 13.5. The average molecular weight is 345 g/mol. The SMILES string of the molecule is C/C=C\C=C/[C@H](C)CC(N)/C(C)=N\OCc1ccccc1N(C)CO. The molecule has 5 nitrogen and oxygen atoms in total. The van der Waals surface area contributed by atoms with Gasteiger partial charge in [-0.25, -0.2) is 0 Å². The molecule has 2 atom stereocenters. The van der Waals surface area contributed by atoms with Crippen LogP contribution in [0.25, 0.3) is 0 Å². The molecule has 3 N–H and O–H groups in total. The van der Waals surface area contributed by atoms with E-state index in [-0.39, 0.29) is 12.8 Å². The molecule has 0 saturated heterocycles. The molecule has 0 radical (unpaired) electrons. The molecule has 0 aliphatic heterocycles. The van der Waals surface area contributed by atoms with Crippen molar-refractivity contribution in [3.05, 3.63) is 54.1 Å². The van der Waals surface area contributed by atoms with Crippen molar-refractivity contribution < 1.29 is 9.94 Å². The number of hydrogen-bond donors (Lipinski definition) is 2. The minimum Gasteiger partial charge on any atom is -0.391 e. The summed E-state index contributed by atoms with van der Waals surface area (Å²) in [7, 11) is 1.83. The van der Waals surface area contributed by atoms with Gasteiger partial charge in [0.2, 0.25) is 0 Å². The molecule has 0 spiro atoms. The number of aliphatic hydroxyl groups excluding tert-OH is 1. The Labute approximate surface area is 151 Å². The van der Waals surface area contributed by atoms with Crippen LogP contribution in [0.5, 0.6) is 0 Å². The molecule has 0 fully saturated rings. The van der Waals surface area contributed by atoms with Crippen molar-refractivity contribution in [2.75, 3.05) is 18.7 Å². The Morgan fingerprint density at radius 1 is 1.36 bits per heavy atom. The molecule has 1 aromatic rings. The summed E-state index contributed by atoms with van der Waals surface area (Å²) in [6, 6.07) is 7.63. The lowest BCUT2D eigenvalue weighted by Gasteiger charge is -2.19. The van der Waals surface area contributed by atoms with Gasteiger partial charge in [0.05, 0.1) is 5.71 Å². The van der Waals surface area contributed by atoms with E-state index in [2.05, 4.69) is 18.2 Å². The average Bonchev–Trinajstić information content (AvgIpc) is 2.61. The summed E-state index contributed by atoms with van der Waals surface area (Å²) < 4.78 is 0. The molecular formula is C20H31N3O2. The summed E-state index contributed by atoms with van der Waals surface area (Å²) >= 11 is 0. The van der Waals surface area contributed by atoms with E-state index in [0.717, 1.165) is 23.4 Å². The number of nitrogens with two attached hydrogens (primary N) is 1. The highest BCUT2D eigenvalue weighted by Gasteiger charge is 2.11. The lowest BCUT2D eigenvalue weighted by atomic mass is 9.99. The largest absolute Gasteiger partial charge is 0.391 e. The fraction of sp³-hybridized carbons (Fsp3) is 0.450. The van der Waals surface area contributed by atoms with Crippen LogP contribution in [0.4, 0.5) is 5.69 Å². The fourth-order valence-electron chi connectivity index (χ4n) is 2.37. The second-order valence-corrected chi connectivity index (χ2v) is 6.20. The number of para-hydroxylation sites is 1. The number of aliphatic hydroxyl groups is 1. The third kappa shape index (κ3) is 7.54. The number of hydrogen-bond acceptors (Lipinski definition) is 5. The summed E-state index contributed by atoms with van der Waals surface area (Å²) in [5.41, 5.74) is 8.86. The van der Waals surface area contributed by atoms with Gasteiger partial charge in [0.15, 0.2) is 0 Å². The molecule has 1 rings (SSSR count). The lowest BCUT2D eigenvalue weighted by Crippen LogP contribution is -2.30. The number of oxime groups is 1. The molecule has 1 aromatic carbocycles. The zero-order chi connectivity index (χ0) is 18.7. The van der Waals surface area contributed by atoms with Crippen LogP contribution in [0.1, 0.15) is 32.8 Å². The zero-order valence-electron chi connectivity index (χ0n) is 15.7. The van der Waals surface area contributed by atoms with Crippen molar-refractivity contribution in [2.24, 2.45) is 16.8 Å². The first-order valence-corrected chi connectivity index (χ1v) is 8.61.